The van der Waals surface area contributed by atoms with Gasteiger partial charge in [0, 0.05) is 35.6 Å². The highest BCUT2D eigenvalue weighted by atomic mass is 35.5. The number of anilines is 1. The fraction of sp³-hybridized carbons (Fsp3) is 0.571. The Kier molecular flexibility index (Phi) is 4.37. The van der Waals surface area contributed by atoms with Crippen molar-refractivity contribution in [2.45, 2.75) is 52.1 Å². The molecular formula is C21H27ClN6O. The lowest BCUT2D eigenvalue weighted by molar-refractivity contribution is 0.247. The summed E-state index contributed by atoms with van der Waals surface area (Å²) in [6, 6.07) is 1.91. The second-order valence-corrected chi connectivity index (χ2v) is 9.93. The van der Waals surface area contributed by atoms with E-state index in [4.69, 9.17) is 11.6 Å². The first-order chi connectivity index (χ1) is 13.9. The molecule has 154 valence electrons. The molecule has 1 spiro atoms. The fourth-order valence-corrected chi connectivity index (χ4v) is 5.13. The van der Waals surface area contributed by atoms with Gasteiger partial charge in [0.1, 0.15) is 5.82 Å². The number of nitrogens with one attached hydrogen (secondary N) is 3. The Morgan fingerprint density at radius 3 is 2.86 bits per heavy atom. The molecule has 0 aromatic carbocycles. The van der Waals surface area contributed by atoms with Gasteiger partial charge in [-0.25, -0.2) is 9.78 Å². The molecular weight excluding hydrogens is 388 g/mol. The molecule has 7 nitrogen and oxygen atoms in total. The maximum atomic E-state index is 12.5. The van der Waals surface area contributed by atoms with Crippen LogP contribution in [0.5, 0.6) is 0 Å². The topological polar surface area (TPSA) is 83.9 Å². The Balaban J connectivity index is 1.30. The molecule has 2 aromatic rings. The van der Waals surface area contributed by atoms with Gasteiger partial charge in [-0.15, -0.1) is 0 Å². The van der Waals surface area contributed by atoms with Crippen LogP contribution in [-0.4, -0.2) is 39.9 Å². The van der Waals surface area contributed by atoms with Crippen LogP contribution in [0.25, 0.3) is 11.1 Å². The normalized spacial score (nSPS) is 23.6. The Morgan fingerprint density at radius 2 is 2.07 bits per heavy atom. The van der Waals surface area contributed by atoms with Crippen LogP contribution in [0.4, 0.5) is 10.6 Å². The molecule has 2 aliphatic heterocycles. The zero-order chi connectivity index (χ0) is 20.2. The van der Waals surface area contributed by atoms with Crippen molar-refractivity contribution in [2.75, 3.05) is 18.4 Å². The summed E-state index contributed by atoms with van der Waals surface area (Å²) >= 11 is 6.45. The molecule has 1 unspecified atom stereocenters. The Hall–Kier alpha value is -2.12. The molecule has 2 aromatic heterocycles. The first-order valence-electron chi connectivity index (χ1n) is 10.3. The maximum Gasteiger partial charge on any atom is 0.320 e. The third-order valence-corrected chi connectivity index (χ3v) is 6.96. The minimum atomic E-state index is -0.201. The lowest BCUT2D eigenvalue weighted by Gasteiger charge is -2.23. The number of rotatable bonds is 3. The van der Waals surface area contributed by atoms with Gasteiger partial charge in [0.2, 0.25) is 0 Å². The standard InChI is InChI=1S/C21H27ClN6O/c1-20(2)8-16-14(10-25-28(16)12-20)13-7-18(24-11-15(13)22)27-19(29)26-17-9-21(17)3-5-23-6-4-21/h7,10-11,17,23H,3-6,8-9,12H2,1-2H3,(H2,24,26,27,29). The van der Waals surface area contributed by atoms with Crippen LogP contribution in [0.3, 0.4) is 0 Å². The van der Waals surface area contributed by atoms with Gasteiger partial charge in [0.15, 0.2) is 0 Å². The van der Waals surface area contributed by atoms with E-state index in [1.165, 1.54) is 5.69 Å². The van der Waals surface area contributed by atoms with Crippen LogP contribution in [0, 0.1) is 10.8 Å². The SMILES string of the molecule is CC1(C)Cc2c(-c3cc(NC(=O)NC4CC45CCNCC5)ncc3Cl)cnn2C1. The Morgan fingerprint density at radius 1 is 1.28 bits per heavy atom. The lowest BCUT2D eigenvalue weighted by Crippen LogP contribution is -2.37. The molecule has 3 aliphatic rings. The summed E-state index contributed by atoms with van der Waals surface area (Å²) in [4.78, 5) is 16.8. The van der Waals surface area contributed by atoms with E-state index in [2.05, 4.69) is 44.6 Å². The van der Waals surface area contributed by atoms with Gasteiger partial charge in [-0.1, -0.05) is 25.4 Å². The van der Waals surface area contributed by atoms with Crippen LogP contribution in [0.15, 0.2) is 18.5 Å². The molecule has 2 amide bonds. The third-order valence-electron chi connectivity index (χ3n) is 6.65. The lowest BCUT2D eigenvalue weighted by atomic mass is 9.89. The van der Waals surface area contributed by atoms with E-state index in [0.29, 0.717) is 16.3 Å². The number of carbonyl (C=O) groups is 1. The number of nitrogens with zero attached hydrogens (tertiary/aromatic N) is 3. The summed E-state index contributed by atoms with van der Waals surface area (Å²) < 4.78 is 2.05. The minimum absolute atomic E-state index is 0.188. The summed E-state index contributed by atoms with van der Waals surface area (Å²) in [6.07, 6.45) is 7.74. The number of halogens is 1. The molecule has 2 fully saturated rings. The average molecular weight is 415 g/mol. The quantitative estimate of drug-likeness (QED) is 0.718. The van der Waals surface area contributed by atoms with Crippen LogP contribution >= 0.6 is 11.6 Å². The van der Waals surface area contributed by atoms with Gasteiger partial charge >= 0.3 is 6.03 Å². The first-order valence-corrected chi connectivity index (χ1v) is 10.7. The number of fused-ring (bicyclic) bond motifs is 1. The highest BCUT2D eigenvalue weighted by Gasteiger charge is 2.54. The third kappa shape index (κ3) is 3.51. The summed E-state index contributed by atoms with van der Waals surface area (Å²) in [6.45, 7) is 7.45. The van der Waals surface area contributed by atoms with Crippen molar-refractivity contribution in [1.29, 1.82) is 0 Å². The van der Waals surface area contributed by atoms with Crippen molar-refractivity contribution in [3.8, 4) is 11.1 Å². The zero-order valence-corrected chi connectivity index (χ0v) is 17.6. The van der Waals surface area contributed by atoms with Gasteiger partial charge < -0.3 is 10.6 Å². The van der Waals surface area contributed by atoms with Gasteiger partial charge in [-0.3, -0.25) is 10.00 Å². The molecule has 0 bridgehead atoms. The van der Waals surface area contributed by atoms with E-state index in [9.17, 15) is 4.79 Å². The van der Waals surface area contributed by atoms with Crippen LogP contribution < -0.4 is 16.0 Å². The van der Waals surface area contributed by atoms with Crippen LogP contribution in [0.2, 0.25) is 5.02 Å². The summed E-state index contributed by atoms with van der Waals surface area (Å²) in [5, 5.41) is 14.5. The Labute approximate surface area is 175 Å². The van der Waals surface area contributed by atoms with Crippen molar-refractivity contribution in [2.24, 2.45) is 10.8 Å². The van der Waals surface area contributed by atoms with Crippen molar-refractivity contribution >= 4 is 23.4 Å². The molecule has 1 saturated carbocycles. The second-order valence-electron chi connectivity index (χ2n) is 9.52. The predicted molar refractivity (Wildman–Crippen MR) is 113 cm³/mol. The largest absolute Gasteiger partial charge is 0.335 e. The number of hydrogen-bond acceptors (Lipinski definition) is 4. The van der Waals surface area contributed by atoms with E-state index < -0.39 is 0 Å². The number of amides is 2. The zero-order valence-electron chi connectivity index (χ0n) is 16.9. The van der Waals surface area contributed by atoms with Gasteiger partial charge in [-0.2, -0.15) is 5.10 Å². The summed E-state index contributed by atoms with van der Waals surface area (Å²) in [5.74, 6) is 0.499. The minimum Gasteiger partial charge on any atom is -0.335 e. The van der Waals surface area contributed by atoms with E-state index in [0.717, 1.165) is 56.4 Å². The van der Waals surface area contributed by atoms with Crippen molar-refractivity contribution in [3.63, 3.8) is 0 Å². The molecule has 1 saturated heterocycles. The van der Waals surface area contributed by atoms with Crippen molar-refractivity contribution in [1.82, 2.24) is 25.4 Å². The van der Waals surface area contributed by atoms with E-state index >= 15 is 0 Å². The highest BCUT2D eigenvalue weighted by molar-refractivity contribution is 6.33. The van der Waals surface area contributed by atoms with E-state index in [1.54, 1.807) is 6.20 Å². The molecule has 3 N–H and O–H groups in total. The predicted octanol–water partition coefficient (Wildman–Crippen LogP) is 3.44. The average Bonchev–Trinajstić information content (AvgIpc) is 3.00. The van der Waals surface area contributed by atoms with Gasteiger partial charge in [-0.05, 0) is 55.7 Å². The Bertz CT molecular complexity index is 962. The highest BCUT2D eigenvalue weighted by Crippen LogP contribution is 2.52. The van der Waals surface area contributed by atoms with Gasteiger partial charge in [0.05, 0.1) is 11.2 Å². The molecule has 29 heavy (non-hydrogen) atoms. The van der Waals surface area contributed by atoms with Crippen molar-refractivity contribution < 1.29 is 4.79 Å². The number of carbonyl (C=O) groups excluding carboxylic acids is 1. The number of aromatic nitrogens is 3. The fourth-order valence-electron chi connectivity index (χ4n) is 4.93. The molecule has 1 aliphatic carbocycles. The molecule has 4 heterocycles. The van der Waals surface area contributed by atoms with Gasteiger partial charge in [0.25, 0.3) is 0 Å². The maximum absolute atomic E-state index is 12.5. The number of pyridine rings is 1. The summed E-state index contributed by atoms with van der Waals surface area (Å²) in [5.41, 5.74) is 3.55. The summed E-state index contributed by atoms with van der Waals surface area (Å²) in [7, 11) is 0. The first kappa shape index (κ1) is 18.9. The smallest absolute Gasteiger partial charge is 0.320 e. The number of piperidine rings is 1. The van der Waals surface area contributed by atoms with Crippen LogP contribution in [-0.2, 0) is 13.0 Å². The molecule has 0 radical (unpaired) electrons. The molecule has 8 heteroatoms. The molecule has 5 rings (SSSR count). The van der Waals surface area contributed by atoms with E-state index in [1.807, 2.05) is 12.3 Å². The van der Waals surface area contributed by atoms with Crippen LogP contribution in [0.1, 0.15) is 38.8 Å². The number of hydrogen-bond donors (Lipinski definition) is 3. The number of urea groups is 1. The van der Waals surface area contributed by atoms with Crippen molar-refractivity contribution in [3.05, 3.63) is 29.2 Å². The monoisotopic (exact) mass is 414 g/mol. The molecule has 1 atom stereocenters. The van der Waals surface area contributed by atoms with E-state index in [-0.39, 0.29) is 17.5 Å². The second kappa shape index (κ2) is 6.71.